The molecule has 0 aliphatic carbocycles. The van der Waals surface area contributed by atoms with Gasteiger partial charge in [0.25, 0.3) is 5.69 Å². The standard InChI is InChI=1S/C31H33N5O9/c1-4-43-26-15-22(29-28(30(38)42-3)19(2)33-31(39)34-29)10-13-25(26)45-18-27(37)35-32-16-21-6-5-7-24(14-21)44-17-20-8-11-23(12-9-20)36(40)41/h5-16,27,29,35,37H,4,17-18H2,1-3H3,(H2,33,34,39)/b32-16+/t27-,29+/m1/s1. The second kappa shape index (κ2) is 15.2. The van der Waals surface area contributed by atoms with E-state index in [-0.39, 0.29) is 24.5 Å². The number of nitrogens with zero attached hydrogens (tertiary/aromatic N) is 2. The lowest BCUT2D eigenvalue weighted by Gasteiger charge is -2.28. The normalized spacial score (nSPS) is 15.1. The smallest absolute Gasteiger partial charge is 0.337 e. The van der Waals surface area contributed by atoms with E-state index in [2.05, 4.69) is 21.2 Å². The number of carbonyl (C=O) groups is 2. The lowest BCUT2D eigenvalue weighted by atomic mass is 9.95. The first-order valence-corrected chi connectivity index (χ1v) is 13.9. The maximum absolute atomic E-state index is 12.4. The van der Waals surface area contributed by atoms with Crippen LogP contribution in [0.25, 0.3) is 0 Å². The van der Waals surface area contributed by atoms with Crippen molar-refractivity contribution in [3.63, 3.8) is 0 Å². The fourth-order valence-corrected chi connectivity index (χ4v) is 4.39. The van der Waals surface area contributed by atoms with Crippen LogP contribution in [0.1, 0.15) is 36.6 Å². The molecule has 4 N–H and O–H groups in total. The highest BCUT2D eigenvalue weighted by atomic mass is 16.6. The minimum absolute atomic E-state index is 0.0110. The highest BCUT2D eigenvalue weighted by Gasteiger charge is 2.32. The lowest BCUT2D eigenvalue weighted by molar-refractivity contribution is -0.384. The van der Waals surface area contributed by atoms with Gasteiger partial charge in [-0.2, -0.15) is 5.10 Å². The van der Waals surface area contributed by atoms with Crippen LogP contribution in [0.4, 0.5) is 10.5 Å². The van der Waals surface area contributed by atoms with Crippen molar-refractivity contribution < 1.29 is 38.6 Å². The third kappa shape index (κ3) is 8.70. The van der Waals surface area contributed by atoms with Gasteiger partial charge in [0.05, 0.1) is 36.5 Å². The molecule has 1 aliphatic rings. The molecule has 0 saturated heterocycles. The van der Waals surface area contributed by atoms with Crippen LogP contribution in [-0.4, -0.2) is 54.8 Å². The van der Waals surface area contributed by atoms with E-state index in [1.807, 2.05) is 0 Å². The van der Waals surface area contributed by atoms with Crippen molar-refractivity contribution in [2.45, 2.75) is 32.7 Å². The summed E-state index contributed by atoms with van der Waals surface area (Å²) in [5.41, 5.74) is 5.29. The van der Waals surface area contributed by atoms with Crippen LogP contribution in [0, 0.1) is 10.1 Å². The third-order valence-corrected chi connectivity index (χ3v) is 6.52. The molecule has 0 fully saturated rings. The van der Waals surface area contributed by atoms with E-state index in [0.717, 1.165) is 5.56 Å². The lowest BCUT2D eigenvalue weighted by Crippen LogP contribution is -2.45. The SMILES string of the molecule is CCOc1cc([C@@H]2NC(=O)NC(C)=C2C(=O)OC)ccc1OC[C@@H](O)N/N=C/c1cccc(OCc2ccc([N+](=O)[O-])cc2)c1. The molecule has 45 heavy (non-hydrogen) atoms. The molecular weight excluding hydrogens is 586 g/mol. The number of aliphatic hydroxyl groups is 1. The van der Waals surface area contributed by atoms with E-state index in [1.165, 1.54) is 25.5 Å². The molecule has 0 unspecified atom stereocenters. The Morgan fingerprint density at radius 1 is 1.11 bits per heavy atom. The maximum atomic E-state index is 12.4. The Labute approximate surface area is 258 Å². The quantitative estimate of drug-likeness (QED) is 0.0683. The Morgan fingerprint density at radius 3 is 2.60 bits per heavy atom. The van der Waals surface area contributed by atoms with Gasteiger partial charge in [0.15, 0.2) is 17.7 Å². The summed E-state index contributed by atoms with van der Waals surface area (Å²) in [5, 5.41) is 30.6. The van der Waals surface area contributed by atoms with Gasteiger partial charge in [-0.3, -0.25) is 15.5 Å². The van der Waals surface area contributed by atoms with Crippen LogP contribution in [0.2, 0.25) is 0 Å². The first kappa shape index (κ1) is 32.3. The minimum Gasteiger partial charge on any atom is -0.490 e. The van der Waals surface area contributed by atoms with E-state index in [0.29, 0.717) is 40.7 Å². The number of methoxy groups -OCH3 is 1. The highest BCUT2D eigenvalue weighted by molar-refractivity contribution is 5.95. The van der Waals surface area contributed by atoms with Crippen LogP contribution >= 0.6 is 0 Å². The summed E-state index contributed by atoms with van der Waals surface area (Å²) in [4.78, 5) is 34.9. The molecule has 14 nitrogen and oxygen atoms in total. The fraction of sp³-hybridized carbons (Fsp3) is 0.258. The number of urea groups is 1. The molecule has 0 radical (unpaired) electrons. The minimum atomic E-state index is -1.17. The number of amides is 2. The number of nitrogens with one attached hydrogen (secondary N) is 3. The maximum Gasteiger partial charge on any atom is 0.337 e. The number of hydrogen-bond acceptors (Lipinski definition) is 11. The molecule has 4 rings (SSSR count). The van der Waals surface area contributed by atoms with E-state index in [9.17, 15) is 24.8 Å². The average Bonchev–Trinajstić information content (AvgIpc) is 3.03. The molecule has 0 aromatic heterocycles. The van der Waals surface area contributed by atoms with Gasteiger partial charge in [0.1, 0.15) is 19.0 Å². The Hall–Kier alpha value is -5.63. The zero-order chi connectivity index (χ0) is 32.3. The topological polar surface area (TPSA) is 183 Å². The molecular formula is C31H33N5O9. The van der Waals surface area contributed by atoms with Gasteiger partial charge < -0.3 is 34.7 Å². The van der Waals surface area contributed by atoms with Gasteiger partial charge in [-0.1, -0.05) is 18.2 Å². The predicted octanol–water partition coefficient (Wildman–Crippen LogP) is 3.69. The van der Waals surface area contributed by atoms with Gasteiger partial charge in [-0.05, 0) is 66.9 Å². The molecule has 1 heterocycles. The van der Waals surface area contributed by atoms with Crippen molar-refractivity contribution in [1.29, 1.82) is 0 Å². The summed E-state index contributed by atoms with van der Waals surface area (Å²) < 4.78 is 22.2. The van der Waals surface area contributed by atoms with Gasteiger partial charge in [0, 0.05) is 17.8 Å². The van der Waals surface area contributed by atoms with E-state index < -0.39 is 29.2 Å². The number of nitro groups is 1. The van der Waals surface area contributed by atoms with Crippen molar-refractivity contribution in [1.82, 2.24) is 16.1 Å². The number of allylic oxidation sites excluding steroid dienone is 1. The number of benzene rings is 3. The monoisotopic (exact) mass is 619 g/mol. The van der Waals surface area contributed by atoms with E-state index in [4.69, 9.17) is 18.9 Å². The van der Waals surface area contributed by atoms with Crippen molar-refractivity contribution in [2.75, 3.05) is 20.3 Å². The molecule has 236 valence electrons. The van der Waals surface area contributed by atoms with Crippen molar-refractivity contribution in [2.24, 2.45) is 5.10 Å². The average molecular weight is 620 g/mol. The summed E-state index contributed by atoms with van der Waals surface area (Å²) >= 11 is 0. The molecule has 0 bridgehead atoms. The number of carbonyl (C=O) groups excluding carboxylic acids is 2. The molecule has 14 heteroatoms. The summed E-state index contributed by atoms with van der Waals surface area (Å²) in [7, 11) is 1.26. The van der Waals surface area contributed by atoms with E-state index >= 15 is 0 Å². The van der Waals surface area contributed by atoms with E-state index in [1.54, 1.807) is 68.4 Å². The fourth-order valence-electron chi connectivity index (χ4n) is 4.39. The summed E-state index contributed by atoms with van der Waals surface area (Å²) in [6.07, 6.45) is 0.335. The Balaban J connectivity index is 1.34. The second-order valence-corrected chi connectivity index (χ2v) is 9.70. The summed E-state index contributed by atoms with van der Waals surface area (Å²) in [5.74, 6) is 0.677. The number of rotatable bonds is 14. The van der Waals surface area contributed by atoms with Crippen molar-refractivity contribution in [3.05, 3.63) is 105 Å². The molecule has 2 amide bonds. The summed E-state index contributed by atoms with van der Waals surface area (Å²) in [6, 6.07) is 16.9. The van der Waals surface area contributed by atoms with Gasteiger partial charge in [0.2, 0.25) is 0 Å². The zero-order valence-corrected chi connectivity index (χ0v) is 24.8. The Kier molecular flexibility index (Phi) is 10.9. The Morgan fingerprint density at radius 2 is 1.89 bits per heavy atom. The van der Waals surface area contributed by atoms with Gasteiger partial charge in [-0.25, -0.2) is 9.59 Å². The molecule has 3 aromatic carbocycles. The number of ether oxygens (including phenoxy) is 4. The van der Waals surface area contributed by atoms with Crippen molar-refractivity contribution in [3.8, 4) is 17.2 Å². The largest absolute Gasteiger partial charge is 0.490 e. The number of esters is 1. The number of nitro benzene ring substituents is 1. The molecule has 1 aliphatic heterocycles. The molecule has 0 spiro atoms. The van der Waals surface area contributed by atoms with Crippen molar-refractivity contribution >= 4 is 23.9 Å². The Bertz CT molecular complexity index is 1590. The molecule has 3 aromatic rings. The van der Waals surface area contributed by atoms with Gasteiger partial charge >= 0.3 is 12.0 Å². The van der Waals surface area contributed by atoms with Crippen LogP contribution < -0.4 is 30.3 Å². The van der Waals surface area contributed by atoms with Crippen LogP contribution in [0.15, 0.2) is 83.1 Å². The predicted molar refractivity (Wildman–Crippen MR) is 163 cm³/mol. The van der Waals surface area contributed by atoms with Crippen LogP contribution in [-0.2, 0) is 16.1 Å². The summed E-state index contributed by atoms with van der Waals surface area (Å²) in [6.45, 7) is 3.79. The highest BCUT2D eigenvalue weighted by Crippen LogP contribution is 2.35. The van der Waals surface area contributed by atoms with Crippen LogP contribution in [0.5, 0.6) is 17.2 Å². The second-order valence-electron chi connectivity index (χ2n) is 9.70. The zero-order valence-electron chi connectivity index (χ0n) is 24.8. The molecule has 2 atom stereocenters. The first-order valence-electron chi connectivity index (χ1n) is 13.9. The number of hydrogen-bond donors (Lipinski definition) is 4. The first-order chi connectivity index (χ1) is 21.7. The number of hydrazone groups is 1. The number of non-ortho nitro benzene ring substituents is 1. The molecule has 0 saturated carbocycles. The van der Waals surface area contributed by atoms with Crippen LogP contribution in [0.3, 0.4) is 0 Å². The van der Waals surface area contributed by atoms with Gasteiger partial charge in [-0.15, -0.1) is 0 Å². The number of aliphatic hydroxyl groups excluding tert-OH is 1. The third-order valence-electron chi connectivity index (χ3n) is 6.52.